The highest BCUT2D eigenvalue weighted by molar-refractivity contribution is 8.02. The average molecular weight is 450 g/mol. The lowest BCUT2D eigenvalue weighted by Crippen LogP contribution is -2.30. The van der Waals surface area contributed by atoms with E-state index in [1.807, 2.05) is 25.1 Å². The van der Waals surface area contributed by atoms with Gasteiger partial charge in [0.15, 0.2) is 11.5 Å². The van der Waals surface area contributed by atoms with Crippen LogP contribution >= 0.6 is 11.9 Å². The molecule has 2 N–H and O–H groups in total. The van der Waals surface area contributed by atoms with Crippen molar-refractivity contribution in [2.75, 3.05) is 9.62 Å². The van der Waals surface area contributed by atoms with Crippen molar-refractivity contribution < 1.29 is 9.18 Å². The van der Waals surface area contributed by atoms with Gasteiger partial charge in [-0.3, -0.25) is 9.79 Å². The number of nitrogens with zero attached hydrogens (tertiary/aromatic N) is 5. The maximum absolute atomic E-state index is 14.7. The van der Waals surface area contributed by atoms with Crippen LogP contribution in [-0.2, 0) is 0 Å². The Labute approximate surface area is 188 Å². The minimum absolute atomic E-state index is 0.133. The van der Waals surface area contributed by atoms with E-state index in [-0.39, 0.29) is 16.6 Å². The number of aliphatic imine (C=N–C) groups is 1. The van der Waals surface area contributed by atoms with Gasteiger partial charge in [-0.25, -0.2) is 23.6 Å². The monoisotopic (exact) mass is 449 g/mol. The topological polar surface area (TPSA) is 99.2 Å². The van der Waals surface area contributed by atoms with E-state index in [9.17, 15) is 9.18 Å². The number of hydrogen-bond acceptors (Lipinski definition) is 7. The third-order valence-electron chi connectivity index (χ3n) is 4.68. The highest BCUT2D eigenvalue weighted by atomic mass is 32.2. The lowest BCUT2D eigenvalue weighted by Gasteiger charge is -2.27. The van der Waals surface area contributed by atoms with Gasteiger partial charge in [0.1, 0.15) is 23.2 Å². The van der Waals surface area contributed by atoms with Gasteiger partial charge in [-0.2, -0.15) is 0 Å². The Kier molecular flexibility index (Phi) is 6.41. The van der Waals surface area contributed by atoms with Crippen molar-refractivity contribution in [2.45, 2.75) is 18.7 Å². The molecule has 0 saturated heterocycles. The zero-order valence-corrected chi connectivity index (χ0v) is 18.0. The fraction of sp³-hybridized carbons (Fsp3) is 0.136. The predicted octanol–water partition coefficient (Wildman–Crippen LogP) is 4.97. The summed E-state index contributed by atoms with van der Waals surface area (Å²) in [5, 5.41) is 3.05. The van der Waals surface area contributed by atoms with E-state index in [2.05, 4.69) is 37.0 Å². The van der Waals surface area contributed by atoms with Crippen LogP contribution in [0.3, 0.4) is 0 Å². The minimum Gasteiger partial charge on any atom is -0.355 e. The number of amides is 1. The Hall–Kier alpha value is -3.79. The Bertz CT molecular complexity index is 1250. The van der Waals surface area contributed by atoms with Crippen LogP contribution in [0.25, 0.3) is 11.2 Å². The summed E-state index contributed by atoms with van der Waals surface area (Å²) in [5.41, 5.74) is 1.86. The molecule has 4 aromatic rings. The van der Waals surface area contributed by atoms with Crippen LogP contribution in [0.15, 0.2) is 66.2 Å². The first-order valence-electron chi connectivity index (χ1n) is 9.84. The van der Waals surface area contributed by atoms with Crippen molar-refractivity contribution in [3.63, 3.8) is 0 Å². The van der Waals surface area contributed by atoms with Crippen molar-refractivity contribution >= 4 is 52.9 Å². The van der Waals surface area contributed by atoms with Gasteiger partial charge >= 0.3 is 0 Å². The number of fused-ring (bicyclic) bond motifs is 1. The first-order chi connectivity index (χ1) is 15.6. The summed E-state index contributed by atoms with van der Waals surface area (Å²) in [4.78, 5) is 32.9. The first-order valence-corrected chi connectivity index (χ1v) is 10.7. The molecule has 2 aromatic heterocycles. The Morgan fingerprint density at radius 1 is 1.22 bits per heavy atom. The normalized spacial score (nSPS) is 11.8. The first kappa shape index (κ1) is 21.4. The molecule has 0 aliphatic heterocycles. The Morgan fingerprint density at radius 3 is 2.78 bits per heavy atom. The number of hydrogen-bond donors (Lipinski definition) is 2. The number of aromatic nitrogens is 4. The number of nitrogens with one attached hydrogen (secondary N) is 2. The Balaban J connectivity index is 1.69. The third-order valence-corrected chi connectivity index (χ3v) is 5.97. The van der Waals surface area contributed by atoms with Gasteiger partial charge in [0, 0.05) is 0 Å². The number of anilines is 2. The molecule has 0 aliphatic carbocycles. The number of carbonyl (C=O) groups excluding carboxylic acids is 1. The fourth-order valence-corrected chi connectivity index (χ4v) is 4.10. The van der Waals surface area contributed by atoms with E-state index in [4.69, 9.17) is 0 Å². The number of rotatable bonds is 8. The van der Waals surface area contributed by atoms with Crippen LogP contribution in [0, 0.1) is 5.82 Å². The standard InChI is InChI=1S/C22H20FN7OS/c1-3-17(29-21-19-20(26-12-25-19)27-13-28-21)32-30(14-8-5-4-6-9-14)22(31)18-15(23)10-7-11-16(18)24-2/h4-13,17H,2-3H2,1H3,(H2,25,26,27,28,29)/t17-/m1/s1. The van der Waals surface area contributed by atoms with E-state index >= 15 is 0 Å². The maximum atomic E-state index is 14.7. The molecule has 2 heterocycles. The van der Waals surface area contributed by atoms with Gasteiger partial charge in [-0.1, -0.05) is 31.2 Å². The highest BCUT2D eigenvalue weighted by Crippen LogP contribution is 2.33. The van der Waals surface area contributed by atoms with E-state index in [1.54, 1.807) is 24.5 Å². The number of benzene rings is 2. The summed E-state index contributed by atoms with van der Waals surface area (Å²) in [7, 11) is 0. The maximum Gasteiger partial charge on any atom is 0.273 e. The van der Waals surface area contributed by atoms with Gasteiger partial charge in [0.25, 0.3) is 5.91 Å². The summed E-state index contributed by atoms with van der Waals surface area (Å²) in [6, 6.07) is 13.4. The summed E-state index contributed by atoms with van der Waals surface area (Å²) < 4.78 is 16.1. The highest BCUT2D eigenvalue weighted by Gasteiger charge is 2.27. The van der Waals surface area contributed by atoms with Crippen LogP contribution in [0.2, 0.25) is 0 Å². The van der Waals surface area contributed by atoms with Gasteiger partial charge in [0.2, 0.25) is 0 Å². The molecule has 0 spiro atoms. The summed E-state index contributed by atoms with van der Waals surface area (Å²) >= 11 is 1.23. The van der Waals surface area contributed by atoms with Crippen LogP contribution in [0.1, 0.15) is 23.7 Å². The molecule has 0 bridgehead atoms. The lowest BCUT2D eigenvalue weighted by atomic mass is 10.1. The zero-order chi connectivity index (χ0) is 22.5. The second kappa shape index (κ2) is 9.56. The second-order valence-corrected chi connectivity index (χ2v) is 7.84. The predicted molar refractivity (Wildman–Crippen MR) is 126 cm³/mol. The zero-order valence-electron chi connectivity index (χ0n) is 17.2. The second-order valence-electron chi connectivity index (χ2n) is 6.70. The van der Waals surface area contributed by atoms with Crippen molar-refractivity contribution in [2.24, 2.45) is 4.99 Å². The van der Waals surface area contributed by atoms with Crippen LogP contribution in [0.4, 0.5) is 21.6 Å². The van der Waals surface area contributed by atoms with E-state index < -0.39 is 11.7 Å². The third kappa shape index (κ3) is 4.30. The molecule has 1 atom stereocenters. The molecule has 0 fully saturated rings. The van der Waals surface area contributed by atoms with Gasteiger partial charge in [0.05, 0.1) is 23.1 Å². The van der Waals surface area contributed by atoms with Crippen LogP contribution in [-0.4, -0.2) is 37.9 Å². The number of imidazole rings is 1. The SMILES string of the molecule is C=Nc1cccc(F)c1C(=O)N(S[C@H](CC)Nc1ncnc2nc[nH]c12)c1ccccc1. The van der Waals surface area contributed by atoms with Crippen molar-refractivity contribution in [1.82, 2.24) is 19.9 Å². The van der Waals surface area contributed by atoms with Gasteiger partial charge in [-0.15, -0.1) is 0 Å². The van der Waals surface area contributed by atoms with E-state index in [1.165, 1.54) is 34.7 Å². The van der Waals surface area contributed by atoms with Crippen molar-refractivity contribution in [1.29, 1.82) is 0 Å². The Morgan fingerprint density at radius 2 is 2.03 bits per heavy atom. The number of H-pyrrole nitrogens is 1. The summed E-state index contributed by atoms with van der Waals surface area (Å²) in [6.45, 7) is 5.45. The molecule has 162 valence electrons. The van der Waals surface area contributed by atoms with Gasteiger partial charge in [-0.05, 0) is 49.4 Å². The molecule has 1 amide bonds. The molecule has 0 aliphatic rings. The lowest BCUT2D eigenvalue weighted by molar-refractivity contribution is 0.100. The van der Waals surface area contributed by atoms with Crippen LogP contribution < -0.4 is 9.62 Å². The number of para-hydroxylation sites is 1. The average Bonchev–Trinajstić information content (AvgIpc) is 3.31. The van der Waals surface area contributed by atoms with Crippen molar-refractivity contribution in [3.8, 4) is 0 Å². The molecular weight excluding hydrogens is 429 g/mol. The molecule has 8 nitrogen and oxygen atoms in total. The molecule has 4 rings (SSSR count). The van der Waals surface area contributed by atoms with E-state index in [0.717, 1.165) is 0 Å². The number of carbonyl (C=O) groups is 1. The molecule has 0 saturated carbocycles. The smallest absolute Gasteiger partial charge is 0.273 e. The molecule has 32 heavy (non-hydrogen) atoms. The van der Waals surface area contributed by atoms with E-state index in [0.29, 0.717) is 29.1 Å². The molecule has 2 aromatic carbocycles. The molecule has 0 unspecified atom stereocenters. The van der Waals surface area contributed by atoms with Crippen LogP contribution in [0.5, 0.6) is 0 Å². The number of aromatic amines is 1. The molecular formula is C22H20FN7OS. The molecule has 10 heteroatoms. The summed E-state index contributed by atoms with van der Waals surface area (Å²) in [5.74, 6) is -0.625. The van der Waals surface area contributed by atoms with Crippen molar-refractivity contribution in [3.05, 3.63) is 72.6 Å². The minimum atomic E-state index is -0.655. The van der Waals surface area contributed by atoms with Gasteiger partial charge < -0.3 is 10.3 Å². The fourth-order valence-electron chi connectivity index (χ4n) is 3.10. The quantitative estimate of drug-likeness (QED) is 0.224. The number of halogens is 1. The molecule has 0 radical (unpaired) electrons. The summed E-state index contributed by atoms with van der Waals surface area (Å²) in [6.07, 6.45) is 3.61. The largest absolute Gasteiger partial charge is 0.355 e.